The van der Waals surface area contributed by atoms with Crippen molar-refractivity contribution < 1.29 is 4.79 Å². The Morgan fingerprint density at radius 1 is 1.33 bits per heavy atom. The van der Waals surface area contributed by atoms with E-state index in [9.17, 15) is 4.79 Å². The summed E-state index contributed by atoms with van der Waals surface area (Å²) < 4.78 is 0. The Morgan fingerprint density at radius 3 is 2.76 bits per heavy atom. The minimum atomic E-state index is 0.225. The first-order valence-corrected chi connectivity index (χ1v) is 7.96. The van der Waals surface area contributed by atoms with Gasteiger partial charge in [0.15, 0.2) is 0 Å². The topological polar surface area (TPSA) is 23.6 Å². The van der Waals surface area contributed by atoms with Crippen LogP contribution < -0.4 is 4.90 Å². The number of rotatable bonds is 5. The van der Waals surface area contributed by atoms with Crippen molar-refractivity contribution in [3.05, 3.63) is 43.0 Å². The van der Waals surface area contributed by atoms with Crippen molar-refractivity contribution in [2.75, 3.05) is 24.5 Å². The second kappa shape index (κ2) is 7.99. The van der Waals surface area contributed by atoms with E-state index in [1.165, 1.54) is 0 Å². The maximum absolute atomic E-state index is 12.4. The van der Waals surface area contributed by atoms with E-state index in [1.54, 1.807) is 0 Å². The predicted molar refractivity (Wildman–Crippen MR) is 88.5 cm³/mol. The number of para-hydroxylation sites is 1. The lowest BCUT2D eigenvalue weighted by molar-refractivity contribution is -0.118. The molecule has 1 aromatic rings. The molecule has 0 saturated carbocycles. The molecule has 3 nitrogen and oxygen atoms in total. The molecule has 0 unspecified atom stereocenters. The van der Waals surface area contributed by atoms with Crippen molar-refractivity contribution in [2.24, 2.45) is 0 Å². The normalized spacial score (nSPS) is 19.8. The molecule has 3 heteroatoms. The molecule has 1 aliphatic rings. The van der Waals surface area contributed by atoms with E-state index in [2.05, 4.69) is 11.5 Å². The average molecular weight is 286 g/mol. The SMILES string of the molecule is C=CCN1CCC[C@H](N(C(=O)CC)c2ccccc2)CC1. The number of nitrogens with zero attached hydrogens (tertiary/aromatic N) is 2. The van der Waals surface area contributed by atoms with Gasteiger partial charge in [-0.15, -0.1) is 6.58 Å². The molecular formula is C18H26N2O. The van der Waals surface area contributed by atoms with Crippen molar-refractivity contribution in [3.8, 4) is 0 Å². The molecule has 1 fully saturated rings. The van der Waals surface area contributed by atoms with Crippen LogP contribution in [0.25, 0.3) is 0 Å². The number of hydrogen-bond acceptors (Lipinski definition) is 2. The van der Waals surface area contributed by atoms with Gasteiger partial charge in [-0.05, 0) is 37.9 Å². The fourth-order valence-electron chi connectivity index (χ4n) is 3.08. The number of benzene rings is 1. The van der Waals surface area contributed by atoms with Gasteiger partial charge in [-0.2, -0.15) is 0 Å². The molecule has 0 bridgehead atoms. The van der Waals surface area contributed by atoms with Crippen molar-refractivity contribution in [1.82, 2.24) is 4.90 Å². The first-order chi connectivity index (χ1) is 10.3. The van der Waals surface area contributed by atoms with E-state index in [0.29, 0.717) is 12.5 Å². The first kappa shape index (κ1) is 15.8. The van der Waals surface area contributed by atoms with Crippen LogP contribution in [0.3, 0.4) is 0 Å². The zero-order chi connectivity index (χ0) is 15.1. The van der Waals surface area contributed by atoms with Gasteiger partial charge in [-0.25, -0.2) is 0 Å². The van der Waals surface area contributed by atoms with Crippen LogP contribution >= 0.6 is 0 Å². The van der Waals surface area contributed by atoms with E-state index in [4.69, 9.17) is 0 Å². The van der Waals surface area contributed by atoms with Crippen LogP contribution in [0.15, 0.2) is 43.0 Å². The molecule has 1 aromatic carbocycles. The van der Waals surface area contributed by atoms with E-state index in [0.717, 1.165) is 44.6 Å². The Hall–Kier alpha value is -1.61. The average Bonchev–Trinajstić information content (AvgIpc) is 2.75. The minimum Gasteiger partial charge on any atom is -0.309 e. The molecule has 0 aromatic heterocycles. The number of hydrogen-bond donors (Lipinski definition) is 0. The van der Waals surface area contributed by atoms with Gasteiger partial charge in [-0.3, -0.25) is 9.69 Å². The van der Waals surface area contributed by atoms with E-state index in [1.807, 2.05) is 48.2 Å². The maximum atomic E-state index is 12.4. The Morgan fingerprint density at radius 2 is 2.10 bits per heavy atom. The first-order valence-electron chi connectivity index (χ1n) is 7.96. The standard InChI is InChI=1S/C18H26N2O/c1-3-13-19-14-8-11-17(12-15-19)20(18(21)4-2)16-9-6-5-7-10-16/h3,5-7,9-10,17H,1,4,8,11-15H2,2H3/t17-/m0/s1. The summed E-state index contributed by atoms with van der Waals surface area (Å²) in [5, 5.41) is 0. The van der Waals surface area contributed by atoms with Crippen molar-refractivity contribution in [1.29, 1.82) is 0 Å². The highest BCUT2D eigenvalue weighted by Crippen LogP contribution is 2.24. The second-order valence-electron chi connectivity index (χ2n) is 5.63. The largest absolute Gasteiger partial charge is 0.309 e. The quantitative estimate of drug-likeness (QED) is 0.774. The van der Waals surface area contributed by atoms with E-state index in [-0.39, 0.29) is 5.91 Å². The number of amides is 1. The lowest BCUT2D eigenvalue weighted by Crippen LogP contribution is -2.40. The number of carbonyl (C=O) groups excluding carboxylic acids is 1. The molecule has 1 aliphatic heterocycles. The monoisotopic (exact) mass is 286 g/mol. The molecular weight excluding hydrogens is 260 g/mol. The highest BCUT2D eigenvalue weighted by molar-refractivity contribution is 5.93. The van der Waals surface area contributed by atoms with Crippen LogP contribution in [0.4, 0.5) is 5.69 Å². The van der Waals surface area contributed by atoms with Crippen molar-refractivity contribution in [2.45, 2.75) is 38.6 Å². The van der Waals surface area contributed by atoms with Crippen LogP contribution in [0.2, 0.25) is 0 Å². The summed E-state index contributed by atoms with van der Waals surface area (Å²) in [5.74, 6) is 0.225. The fraction of sp³-hybridized carbons (Fsp3) is 0.500. The summed E-state index contributed by atoms with van der Waals surface area (Å²) >= 11 is 0. The van der Waals surface area contributed by atoms with Crippen LogP contribution in [-0.2, 0) is 4.79 Å². The summed E-state index contributed by atoms with van der Waals surface area (Å²) in [5.41, 5.74) is 1.03. The van der Waals surface area contributed by atoms with Gasteiger partial charge in [0.2, 0.25) is 5.91 Å². The van der Waals surface area contributed by atoms with Gasteiger partial charge in [0, 0.05) is 31.2 Å². The van der Waals surface area contributed by atoms with Gasteiger partial charge < -0.3 is 4.90 Å². The fourth-order valence-corrected chi connectivity index (χ4v) is 3.08. The Balaban J connectivity index is 2.14. The molecule has 1 amide bonds. The molecule has 0 radical (unpaired) electrons. The molecule has 114 valence electrons. The number of likely N-dealkylation sites (tertiary alicyclic amines) is 1. The molecule has 1 heterocycles. The van der Waals surface area contributed by atoms with E-state index >= 15 is 0 Å². The van der Waals surface area contributed by atoms with Crippen molar-refractivity contribution >= 4 is 11.6 Å². The third-order valence-corrected chi connectivity index (χ3v) is 4.15. The number of anilines is 1. The maximum Gasteiger partial charge on any atom is 0.226 e. The summed E-state index contributed by atoms with van der Waals surface area (Å²) in [6.45, 7) is 8.85. The smallest absolute Gasteiger partial charge is 0.226 e. The Bertz CT molecular complexity index is 458. The predicted octanol–water partition coefficient (Wildman–Crippen LogP) is 3.47. The molecule has 0 spiro atoms. The minimum absolute atomic E-state index is 0.225. The molecule has 1 saturated heterocycles. The van der Waals surface area contributed by atoms with Gasteiger partial charge in [-0.1, -0.05) is 31.2 Å². The van der Waals surface area contributed by atoms with Gasteiger partial charge in [0.25, 0.3) is 0 Å². The van der Waals surface area contributed by atoms with Crippen LogP contribution in [0.1, 0.15) is 32.6 Å². The number of carbonyl (C=O) groups is 1. The lowest BCUT2D eigenvalue weighted by atomic mass is 10.1. The van der Waals surface area contributed by atoms with Crippen LogP contribution in [0.5, 0.6) is 0 Å². The lowest BCUT2D eigenvalue weighted by Gasteiger charge is -2.31. The summed E-state index contributed by atoms with van der Waals surface area (Å²) in [6, 6.07) is 10.4. The third kappa shape index (κ3) is 4.18. The molecule has 21 heavy (non-hydrogen) atoms. The van der Waals surface area contributed by atoms with Gasteiger partial charge in [0.1, 0.15) is 0 Å². The van der Waals surface area contributed by atoms with Crippen LogP contribution in [-0.4, -0.2) is 36.5 Å². The van der Waals surface area contributed by atoms with E-state index < -0.39 is 0 Å². The summed E-state index contributed by atoms with van der Waals surface area (Å²) in [6.07, 6.45) is 5.77. The highest BCUT2D eigenvalue weighted by atomic mass is 16.2. The summed E-state index contributed by atoms with van der Waals surface area (Å²) in [4.78, 5) is 16.9. The molecule has 0 aliphatic carbocycles. The third-order valence-electron chi connectivity index (χ3n) is 4.15. The second-order valence-corrected chi connectivity index (χ2v) is 5.63. The zero-order valence-corrected chi connectivity index (χ0v) is 13.0. The molecule has 1 atom stereocenters. The van der Waals surface area contributed by atoms with Crippen molar-refractivity contribution in [3.63, 3.8) is 0 Å². The van der Waals surface area contributed by atoms with Gasteiger partial charge >= 0.3 is 0 Å². The summed E-state index contributed by atoms with van der Waals surface area (Å²) in [7, 11) is 0. The van der Waals surface area contributed by atoms with Gasteiger partial charge in [0.05, 0.1) is 0 Å². The molecule has 2 rings (SSSR count). The molecule has 0 N–H and O–H groups in total. The highest BCUT2D eigenvalue weighted by Gasteiger charge is 2.26. The zero-order valence-electron chi connectivity index (χ0n) is 13.0. The Labute approximate surface area is 128 Å². The Kier molecular flexibility index (Phi) is 6.00. The van der Waals surface area contributed by atoms with Crippen LogP contribution in [0, 0.1) is 0 Å².